The van der Waals surface area contributed by atoms with E-state index < -0.39 is 0 Å². The molecule has 4 heteroatoms. The third kappa shape index (κ3) is 5.03. The summed E-state index contributed by atoms with van der Waals surface area (Å²) in [5, 5.41) is 1.20. The van der Waals surface area contributed by atoms with Crippen molar-refractivity contribution in [3.63, 3.8) is 0 Å². The van der Waals surface area contributed by atoms with E-state index in [9.17, 15) is 4.79 Å². The summed E-state index contributed by atoms with van der Waals surface area (Å²) in [6.45, 7) is 5.78. The van der Waals surface area contributed by atoms with Gasteiger partial charge in [0, 0.05) is 28.7 Å². The molecular formula is C22H32N2O2. The first kappa shape index (κ1) is 18.8. The van der Waals surface area contributed by atoms with Gasteiger partial charge in [-0.2, -0.15) is 0 Å². The highest BCUT2D eigenvalue weighted by Crippen LogP contribution is 2.36. The van der Waals surface area contributed by atoms with E-state index in [0.29, 0.717) is 18.3 Å². The molecule has 0 amide bonds. The number of aromatic amines is 1. The van der Waals surface area contributed by atoms with E-state index in [1.54, 1.807) is 0 Å². The number of aromatic nitrogens is 1. The molecule has 3 rings (SSSR count). The summed E-state index contributed by atoms with van der Waals surface area (Å²) in [6.07, 6.45) is 7.51. The predicted octanol–water partition coefficient (Wildman–Crippen LogP) is 5.54. The second-order valence-corrected chi connectivity index (χ2v) is 8.77. The number of nitrogens with one attached hydrogen (secondary N) is 1. The average Bonchev–Trinajstić information content (AvgIpc) is 2.81. The summed E-state index contributed by atoms with van der Waals surface area (Å²) in [4.78, 5) is 15.5. The van der Waals surface area contributed by atoms with Crippen LogP contribution in [0.2, 0.25) is 0 Å². The van der Waals surface area contributed by atoms with Crippen molar-refractivity contribution >= 4 is 22.6 Å². The Balaban J connectivity index is 1.55. The molecule has 142 valence electrons. The fourth-order valence-electron chi connectivity index (χ4n) is 4.09. The van der Waals surface area contributed by atoms with Crippen molar-refractivity contribution in [1.82, 2.24) is 4.98 Å². The number of esters is 1. The van der Waals surface area contributed by atoms with Gasteiger partial charge in [-0.3, -0.25) is 4.79 Å². The van der Waals surface area contributed by atoms with Crippen molar-refractivity contribution in [1.29, 1.82) is 0 Å². The number of rotatable bonds is 4. The Kier molecular flexibility index (Phi) is 5.59. The Bertz CT molecular complexity index is 757. The zero-order valence-electron chi connectivity index (χ0n) is 16.3. The van der Waals surface area contributed by atoms with Crippen LogP contribution in [0.4, 0.5) is 5.69 Å². The molecule has 1 heterocycles. The number of anilines is 1. The lowest BCUT2D eigenvalue weighted by Crippen LogP contribution is -2.24. The highest BCUT2D eigenvalue weighted by Gasteiger charge is 2.23. The van der Waals surface area contributed by atoms with E-state index in [4.69, 9.17) is 10.5 Å². The van der Waals surface area contributed by atoms with E-state index in [1.165, 1.54) is 48.7 Å². The van der Waals surface area contributed by atoms with Crippen molar-refractivity contribution in [2.45, 2.75) is 77.2 Å². The number of fused-ring (bicyclic) bond motifs is 1. The Hall–Kier alpha value is -1.97. The third-order valence-corrected chi connectivity index (χ3v) is 5.37. The average molecular weight is 357 g/mol. The van der Waals surface area contributed by atoms with Crippen LogP contribution in [0.3, 0.4) is 0 Å². The van der Waals surface area contributed by atoms with Gasteiger partial charge >= 0.3 is 5.97 Å². The Morgan fingerprint density at radius 3 is 2.77 bits per heavy atom. The number of carbonyl (C=O) groups is 1. The van der Waals surface area contributed by atoms with Crippen LogP contribution < -0.4 is 5.73 Å². The number of nitrogen functional groups attached to an aromatic ring is 1. The molecule has 3 N–H and O–H groups in total. The van der Waals surface area contributed by atoms with Crippen LogP contribution in [0.15, 0.2) is 24.3 Å². The van der Waals surface area contributed by atoms with E-state index >= 15 is 0 Å². The van der Waals surface area contributed by atoms with Gasteiger partial charge in [0.1, 0.15) is 5.60 Å². The van der Waals surface area contributed by atoms with Crippen molar-refractivity contribution in [3.8, 4) is 0 Å². The molecule has 2 atom stereocenters. The normalized spacial score (nSPS) is 21.5. The Morgan fingerprint density at radius 2 is 2.00 bits per heavy atom. The highest BCUT2D eigenvalue weighted by molar-refractivity contribution is 5.83. The van der Waals surface area contributed by atoms with E-state index in [-0.39, 0.29) is 11.6 Å². The molecule has 0 saturated heterocycles. The van der Waals surface area contributed by atoms with Gasteiger partial charge in [0.05, 0.1) is 0 Å². The second kappa shape index (κ2) is 7.73. The van der Waals surface area contributed by atoms with E-state index in [0.717, 1.165) is 12.1 Å². The van der Waals surface area contributed by atoms with Gasteiger partial charge in [0.25, 0.3) is 0 Å². The molecule has 26 heavy (non-hydrogen) atoms. The van der Waals surface area contributed by atoms with Gasteiger partial charge in [-0.25, -0.2) is 0 Å². The quantitative estimate of drug-likeness (QED) is 0.429. The topological polar surface area (TPSA) is 68.1 Å². The number of carbonyl (C=O) groups excluding carboxylic acids is 1. The van der Waals surface area contributed by atoms with Crippen LogP contribution in [0, 0.1) is 5.92 Å². The van der Waals surface area contributed by atoms with Crippen LogP contribution in [0.1, 0.15) is 77.3 Å². The summed E-state index contributed by atoms with van der Waals surface area (Å²) >= 11 is 0. The first-order valence-corrected chi connectivity index (χ1v) is 9.90. The fraction of sp³-hybridized carbons (Fsp3) is 0.591. The molecular weight excluding hydrogens is 324 g/mol. The molecule has 1 aromatic carbocycles. The van der Waals surface area contributed by atoms with Crippen LogP contribution in [-0.2, 0) is 9.53 Å². The maximum Gasteiger partial charge on any atom is 0.306 e. The number of hydrogen-bond donors (Lipinski definition) is 2. The number of benzene rings is 1. The zero-order chi connectivity index (χ0) is 18.7. The monoisotopic (exact) mass is 356 g/mol. The molecule has 1 saturated carbocycles. The van der Waals surface area contributed by atoms with E-state index in [2.05, 4.69) is 17.1 Å². The molecule has 0 bridgehead atoms. The van der Waals surface area contributed by atoms with Gasteiger partial charge in [-0.05, 0) is 82.6 Å². The van der Waals surface area contributed by atoms with Crippen molar-refractivity contribution in [2.75, 3.05) is 5.73 Å². The second-order valence-electron chi connectivity index (χ2n) is 8.77. The fourth-order valence-corrected chi connectivity index (χ4v) is 4.09. The summed E-state index contributed by atoms with van der Waals surface area (Å²) in [7, 11) is 0. The van der Waals surface area contributed by atoms with Crippen LogP contribution in [0.25, 0.3) is 10.9 Å². The van der Waals surface area contributed by atoms with E-state index in [1.807, 2.05) is 32.9 Å². The Labute approximate surface area is 156 Å². The predicted molar refractivity (Wildman–Crippen MR) is 107 cm³/mol. The lowest BCUT2D eigenvalue weighted by atomic mass is 9.93. The lowest BCUT2D eigenvalue weighted by Gasteiger charge is -2.20. The van der Waals surface area contributed by atoms with Crippen LogP contribution in [0.5, 0.6) is 0 Å². The summed E-state index contributed by atoms with van der Waals surface area (Å²) < 4.78 is 5.44. The minimum absolute atomic E-state index is 0.0634. The molecule has 0 aliphatic heterocycles. The largest absolute Gasteiger partial charge is 0.460 e. The van der Waals surface area contributed by atoms with Crippen molar-refractivity contribution in [2.24, 2.45) is 5.92 Å². The number of nitrogens with two attached hydrogens (primary N) is 1. The minimum atomic E-state index is -0.384. The molecule has 4 nitrogen and oxygen atoms in total. The molecule has 1 aliphatic rings. The molecule has 0 spiro atoms. The number of hydrogen-bond acceptors (Lipinski definition) is 3. The minimum Gasteiger partial charge on any atom is -0.460 e. The summed E-state index contributed by atoms with van der Waals surface area (Å²) in [5.41, 5.74) is 8.82. The standard InChI is InChI=1S/C22H32N2O2/c1-22(2,3)26-21(25)12-8-15-5-4-6-16(9-7-15)20-14-17-13-18(23)10-11-19(17)24-20/h10-11,13-16,24H,4-9,12,23H2,1-3H3. The SMILES string of the molecule is CC(C)(C)OC(=O)CCC1CCCC(c2cc3cc(N)ccc3[nH]2)CC1. The lowest BCUT2D eigenvalue weighted by molar-refractivity contribution is -0.155. The van der Waals surface area contributed by atoms with Gasteiger partial charge < -0.3 is 15.5 Å². The molecule has 0 radical (unpaired) electrons. The van der Waals surface area contributed by atoms with Crippen LogP contribution in [-0.4, -0.2) is 16.6 Å². The summed E-state index contributed by atoms with van der Waals surface area (Å²) in [5.74, 6) is 1.15. The number of H-pyrrole nitrogens is 1. The first-order chi connectivity index (χ1) is 12.3. The van der Waals surface area contributed by atoms with Gasteiger partial charge in [0.2, 0.25) is 0 Å². The molecule has 1 fully saturated rings. The van der Waals surface area contributed by atoms with Crippen LogP contribution >= 0.6 is 0 Å². The van der Waals surface area contributed by atoms with Crippen molar-refractivity contribution in [3.05, 3.63) is 30.0 Å². The molecule has 2 unspecified atom stereocenters. The van der Waals surface area contributed by atoms with Gasteiger partial charge in [0.15, 0.2) is 0 Å². The maximum atomic E-state index is 12.0. The Morgan fingerprint density at radius 1 is 1.19 bits per heavy atom. The molecule has 1 aromatic heterocycles. The molecule has 1 aliphatic carbocycles. The summed E-state index contributed by atoms with van der Waals surface area (Å²) in [6, 6.07) is 8.31. The molecule has 2 aromatic rings. The van der Waals surface area contributed by atoms with Crippen molar-refractivity contribution < 1.29 is 9.53 Å². The highest BCUT2D eigenvalue weighted by atomic mass is 16.6. The maximum absolute atomic E-state index is 12.0. The smallest absolute Gasteiger partial charge is 0.306 e. The van der Waals surface area contributed by atoms with Gasteiger partial charge in [-0.15, -0.1) is 0 Å². The van der Waals surface area contributed by atoms with Gasteiger partial charge in [-0.1, -0.05) is 12.8 Å². The number of ether oxygens (including phenoxy) is 1. The first-order valence-electron chi connectivity index (χ1n) is 9.90. The zero-order valence-corrected chi connectivity index (χ0v) is 16.3. The third-order valence-electron chi connectivity index (χ3n) is 5.37.